The Morgan fingerprint density at radius 2 is 2.21 bits per heavy atom. The second kappa shape index (κ2) is 5.58. The van der Waals surface area contributed by atoms with Gasteiger partial charge in [-0.15, -0.1) is 11.3 Å². The largest absolute Gasteiger partial charge is 0.326 e. The van der Waals surface area contributed by atoms with Gasteiger partial charge in [-0.2, -0.15) is 0 Å². The first-order valence-electron chi connectivity index (χ1n) is 5.35. The van der Waals surface area contributed by atoms with Crippen molar-refractivity contribution in [3.8, 4) is 0 Å². The molecule has 19 heavy (non-hydrogen) atoms. The highest BCUT2D eigenvalue weighted by Crippen LogP contribution is 2.23. The molecule has 0 atom stereocenters. The SMILES string of the molecule is Cc1cc(Br)cnc1NS(=O)(=O)c1csc(CN)c1. The number of aryl methyl sites for hydroxylation is 1. The second-order valence-corrected chi connectivity index (χ2v) is 7.47. The van der Waals surface area contributed by atoms with E-state index in [2.05, 4.69) is 25.6 Å². The third kappa shape index (κ3) is 3.33. The fourth-order valence-electron chi connectivity index (χ4n) is 1.44. The lowest BCUT2D eigenvalue weighted by molar-refractivity contribution is 0.601. The Hall–Kier alpha value is -0.960. The van der Waals surface area contributed by atoms with Crippen LogP contribution in [0.3, 0.4) is 0 Å². The molecule has 102 valence electrons. The number of hydrogen-bond acceptors (Lipinski definition) is 5. The number of rotatable bonds is 4. The summed E-state index contributed by atoms with van der Waals surface area (Å²) in [7, 11) is -3.61. The van der Waals surface area contributed by atoms with Gasteiger partial charge in [-0.1, -0.05) is 0 Å². The summed E-state index contributed by atoms with van der Waals surface area (Å²) in [6.45, 7) is 2.12. The molecule has 2 aromatic heterocycles. The zero-order chi connectivity index (χ0) is 14.0. The lowest BCUT2D eigenvalue weighted by Crippen LogP contribution is -2.14. The molecule has 0 aliphatic rings. The van der Waals surface area contributed by atoms with E-state index >= 15 is 0 Å². The van der Waals surface area contributed by atoms with E-state index in [0.29, 0.717) is 12.4 Å². The van der Waals surface area contributed by atoms with E-state index in [-0.39, 0.29) is 4.90 Å². The van der Waals surface area contributed by atoms with Gasteiger partial charge in [-0.25, -0.2) is 13.4 Å². The molecule has 0 bridgehead atoms. The Kier molecular flexibility index (Phi) is 4.24. The molecule has 0 radical (unpaired) electrons. The van der Waals surface area contributed by atoms with Crippen LogP contribution in [-0.2, 0) is 16.6 Å². The summed E-state index contributed by atoms with van der Waals surface area (Å²) in [5.41, 5.74) is 6.22. The number of anilines is 1. The molecule has 3 N–H and O–H groups in total. The Morgan fingerprint density at radius 1 is 1.47 bits per heavy atom. The van der Waals surface area contributed by atoms with Crippen molar-refractivity contribution in [2.45, 2.75) is 18.4 Å². The highest BCUT2D eigenvalue weighted by Gasteiger charge is 2.17. The van der Waals surface area contributed by atoms with Crippen LogP contribution in [0.2, 0.25) is 0 Å². The van der Waals surface area contributed by atoms with E-state index in [1.807, 2.05) is 0 Å². The number of pyridine rings is 1. The number of thiophene rings is 1. The van der Waals surface area contributed by atoms with Gasteiger partial charge in [-0.3, -0.25) is 4.72 Å². The first kappa shape index (κ1) is 14.4. The molecule has 0 unspecified atom stereocenters. The number of nitrogens with two attached hydrogens (primary N) is 1. The Balaban J connectivity index is 2.30. The third-order valence-corrected chi connectivity index (χ3v) is 5.28. The highest BCUT2D eigenvalue weighted by molar-refractivity contribution is 9.10. The van der Waals surface area contributed by atoms with Crippen LogP contribution in [0.25, 0.3) is 0 Å². The quantitative estimate of drug-likeness (QED) is 0.875. The van der Waals surface area contributed by atoms with E-state index in [9.17, 15) is 8.42 Å². The molecule has 0 fully saturated rings. The van der Waals surface area contributed by atoms with Crippen LogP contribution in [0, 0.1) is 6.92 Å². The Bertz CT molecular complexity index is 698. The van der Waals surface area contributed by atoms with Crippen LogP contribution in [-0.4, -0.2) is 13.4 Å². The molecule has 0 saturated heterocycles. The first-order chi connectivity index (χ1) is 8.92. The van der Waals surface area contributed by atoms with E-state index < -0.39 is 10.0 Å². The predicted molar refractivity (Wildman–Crippen MR) is 79.7 cm³/mol. The van der Waals surface area contributed by atoms with Crippen LogP contribution in [0.4, 0.5) is 5.82 Å². The van der Waals surface area contributed by atoms with E-state index in [1.54, 1.807) is 30.6 Å². The molecule has 0 amide bonds. The lowest BCUT2D eigenvalue weighted by atomic mass is 10.3. The fraction of sp³-hybridized carbons (Fsp3) is 0.182. The number of nitrogens with zero attached hydrogens (tertiary/aromatic N) is 1. The summed E-state index contributed by atoms with van der Waals surface area (Å²) in [5, 5.41) is 1.57. The zero-order valence-electron chi connectivity index (χ0n) is 10.1. The van der Waals surface area contributed by atoms with Crippen molar-refractivity contribution in [1.29, 1.82) is 0 Å². The van der Waals surface area contributed by atoms with Crippen LogP contribution < -0.4 is 10.5 Å². The molecule has 2 aromatic rings. The summed E-state index contributed by atoms with van der Waals surface area (Å²) in [5.74, 6) is 0.323. The highest BCUT2D eigenvalue weighted by atomic mass is 79.9. The minimum absolute atomic E-state index is 0.210. The molecule has 2 rings (SSSR count). The summed E-state index contributed by atoms with van der Waals surface area (Å²) >= 11 is 4.60. The maximum absolute atomic E-state index is 12.2. The average Bonchev–Trinajstić information content (AvgIpc) is 2.82. The molecule has 2 heterocycles. The maximum atomic E-state index is 12.2. The van der Waals surface area contributed by atoms with Gasteiger partial charge in [0.2, 0.25) is 0 Å². The smallest absolute Gasteiger partial charge is 0.263 e. The van der Waals surface area contributed by atoms with Crippen molar-refractivity contribution in [2.24, 2.45) is 5.73 Å². The average molecular weight is 362 g/mol. The van der Waals surface area contributed by atoms with Crippen molar-refractivity contribution >= 4 is 43.1 Å². The number of aromatic nitrogens is 1. The van der Waals surface area contributed by atoms with E-state index in [4.69, 9.17) is 5.73 Å². The zero-order valence-corrected chi connectivity index (χ0v) is 13.3. The summed E-state index contributed by atoms with van der Waals surface area (Å²) in [6.07, 6.45) is 1.55. The van der Waals surface area contributed by atoms with Gasteiger partial charge in [0.05, 0.1) is 4.90 Å². The first-order valence-corrected chi connectivity index (χ1v) is 8.50. The number of hydrogen-bond donors (Lipinski definition) is 2. The van der Waals surface area contributed by atoms with Crippen molar-refractivity contribution < 1.29 is 8.42 Å². The van der Waals surface area contributed by atoms with Crippen LogP contribution in [0.15, 0.2) is 33.1 Å². The van der Waals surface area contributed by atoms with Gasteiger partial charge < -0.3 is 5.73 Å². The Morgan fingerprint density at radius 3 is 2.79 bits per heavy atom. The van der Waals surface area contributed by atoms with Gasteiger partial charge in [0.15, 0.2) is 0 Å². The van der Waals surface area contributed by atoms with E-state index in [1.165, 1.54) is 11.3 Å². The van der Waals surface area contributed by atoms with Crippen LogP contribution in [0.1, 0.15) is 10.4 Å². The fourth-order valence-corrected chi connectivity index (χ4v) is 4.12. The molecule has 0 aromatic carbocycles. The van der Waals surface area contributed by atoms with Crippen molar-refractivity contribution in [1.82, 2.24) is 4.98 Å². The van der Waals surface area contributed by atoms with Gasteiger partial charge in [0, 0.05) is 27.5 Å². The van der Waals surface area contributed by atoms with Crippen molar-refractivity contribution in [3.63, 3.8) is 0 Å². The third-order valence-electron chi connectivity index (χ3n) is 2.42. The maximum Gasteiger partial charge on any atom is 0.263 e. The summed E-state index contributed by atoms with van der Waals surface area (Å²) in [6, 6.07) is 3.37. The predicted octanol–water partition coefficient (Wildman–Crippen LogP) is 2.47. The molecule has 8 heteroatoms. The minimum Gasteiger partial charge on any atom is -0.326 e. The molecule has 0 aliphatic heterocycles. The van der Waals surface area contributed by atoms with Crippen molar-refractivity contribution in [3.05, 3.63) is 38.6 Å². The summed E-state index contributed by atoms with van der Waals surface area (Å²) in [4.78, 5) is 5.09. The minimum atomic E-state index is -3.61. The van der Waals surface area contributed by atoms with Gasteiger partial charge in [-0.05, 0) is 40.5 Å². The molecular formula is C11H12BrN3O2S2. The standard InChI is InChI=1S/C11H12BrN3O2S2/c1-7-2-8(12)5-14-11(7)15-19(16,17)10-3-9(4-13)18-6-10/h2-3,5-6H,4,13H2,1H3,(H,14,15). The number of halogens is 1. The van der Waals surface area contributed by atoms with Crippen molar-refractivity contribution in [2.75, 3.05) is 4.72 Å². The van der Waals surface area contributed by atoms with Crippen LogP contribution >= 0.6 is 27.3 Å². The molecular weight excluding hydrogens is 350 g/mol. The summed E-state index contributed by atoms with van der Waals surface area (Å²) < 4.78 is 27.6. The molecule has 0 saturated carbocycles. The topological polar surface area (TPSA) is 85.1 Å². The number of nitrogens with one attached hydrogen (secondary N) is 1. The molecule has 0 aliphatic carbocycles. The Labute approximate surface area is 124 Å². The monoisotopic (exact) mass is 361 g/mol. The van der Waals surface area contributed by atoms with Gasteiger partial charge in [0.1, 0.15) is 5.82 Å². The number of sulfonamides is 1. The van der Waals surface area contributed by atoms with E-state index in [0.717, 1.165) is 14.9 Å². The second-order valence-electron chi connectivity index (χ2n) is 3.88. The lowest BCUT2D eigenvalue weighted by Gasteiger charge is -2.08. The normalized spacial score (nSPS) is 11.5. The van der Waals surface area contributed by atoms with Gasteiger partial charge in [0.25, 0.3) is 10.0 Å². The van der Waals surface area contributed by atoms with Gasteiger partial charge >= 0.3 is 0 Å². The molecule has 5 nitrogen and oxygen atoms in total. The molecule has 0 spiro atoms. The van der Waals surface area contributed by atoms with Crippen LogP contribution in [0.5, 0.6) is 0 Å².